The van der Waals surface area contributed by atoms with E-state index in [9.17, 15) is 5.11 Å². The van der Waals surface area contributed by atoms with E-state index in [0.717, 1.165) is 37.2 Å². The molecule has 1 aromatic carbocycles. The van der Waals surface area contributed by atoms with Gasteiger partial charge in [-0.15, -0.1) is 0 Å². The first kappa shape index (κ1) is 14.4. The van der Waals surface area contributed by atoms with Gasteiger partial charge in [-0.1, -0.05) is 19.1 Å². The van der Waals surface area contributed by atoms with Crippen LogP contribution in [0.4, 0.5) is 0 Å². The van der Waals surface area contributed by atoms with Crippen LogP contribution in [0.15, 0.2) is 18.2 Å². The molecule has 0 bridgehead atoms. The standard InChI is InChI=1S/C16H25NO2/c1-4-17(11-14-6-5-9-19-14)13(3)15-8-7-12(2)10-16(15)18/h7-8,10,13-14,18H,4-6,9,11H2,1-3H3. The highest BCUT2D eigenvalue weighted by atomic mass is 16.5. The lowest BCUT2D eigenvalue weighted by molar-refractivity contribution is 0.0614. The highest BCUT2D eigenvalue weighted by Crippen LogP contribution is 2.30. The fourth-order valence-corrected chi connectivity index (χ4v) is 2.81. The lowest BCUT2D eigenvalue weighted by Gasteiger charge is -2.30. The molecular formula is C16H25NO2. The summed E-state index contributed by atoms with van der Waals surface area (Å²) in [6.07, 6.45) is 2.69. The third kappa shape index (κ3) is 3.48. The summed E-state index contributed by atoms with van der Waals surface area (Å²) in [7, 11) is 0. The minimum absolute atomic E-state index is 0.217. The molecule has 1 aliphatic rings. The van der Waals surface area contributed by atoms with Gasteiger partial charge < -0.3 is 9.84 Å². The molecular weight excluding hydrogens is 238 g/mol. The second-order valence-electron chi connectivity index (χ2n) is 5.46. The molecule has 0 radical (unpaired) electrons. The van der Waals surface area contributed by atoms with Gasteiger partial charge in [-0.3, -0.25) is 4.90 Å². The Bertz CT molecular complexity index is 413. The second kappa shape index (κ2) is 6.40. The summed E-state index contributed by atoms with van der Waals surface area (Å²) in [5.74, 6) is 0.401. The molecule has 1 heterocycles. The van der Waals surface area contributed by atoms with Gasteiger partial charge in [0.05, 0.1) is 6.10 Å². The van der Waals surface area contributed by atoms with Gasteiger partial charge in [0.25, 0.3) is 0 Å². The van der Waals surface area contributed by atoms with E-state index in [2.05, 4.69) is 24.8 Å². The highest BCUT2D eigenvalue weighted by Gasteiger charge is 2.23. The molecule has 1 aromatic rings. The third-order valence-electron chi connectivity index (χ3n) is 4.05. The maximum Gasteiger partial charge on any atom is 0.120 e. The number of hydrogen-bond donors (Lipinski definition) is 1. The number of phenolic OH excluding ortho intramolecular Hbond substituents is 1. The van der Waals surface area contributed by atoms with Gasteiger partial charge in [0.2, 0.25) is 0 Å². The predicted octanol–water partition coefficient (Wildman–Crippen LogP) is 3.26. The molecule has 2 rings (SSSR count). The van der Waals surface area contributed by atoms with E-state index in [1.807, 2.05) is 19.1 Å². The number of phenols is 1. The molecule has 2 atom stereocenters. The minimum atomic E-state index is 0.217. The van der Waals surface area contributed by atoms with E-state index in [1.54, 1.807) is 0 Å². The van der Waals surface area contributed by atoms with E-state index in [4.69, 9.17) is 4.74 Å². The maximum absolute atomic E-state index is 10.1. The summed E-state index contributed by atoms with van der Waals surface area (Å²) < 4.78 is 5.72. The van der Waals surface area contributed by atoms with Gasteiger partial charge >= 0.3 is 0 Å². The number of benzene rings is 1. The zero-order chi connectivity index (χ0) is 13.8. The first-order valence-corrected chi connectivity index (χ1v) is 7.27. The predicted molar refractivity (Wildman–Crippen MR) is 77.5 cm³/mol. The Labute approximate surface area is 116 Å². The number of aromatic hydroxyl groups is 1. The molecule has 3 heteroatoms. The van der Waals surface area contributed by atoms with Crippen LogP contribution < -0.4 is 0 Å². The smallest absolute Gasteiger partial charge is 0.120 e. The van der Waals surface area contributed by atoms with Crippen molar-refractivity contribution in [1.29, 1.82) is 0 Å². The van der Waals surface area contributed by atoms with E-state index in [1.165, 1.54) is 6.42 Å². The van der Waals surface area contributed by atoms with Gasteiger partial charge in [-0.05, 0) is 44.9 Å². The van der Waals surface area contributed by atoms with E-state index < -0.39 is 0 Å². The molecule has 1 aliphatic heterocycles. The largest absolute Gasteiger partial charge is 0.508 e. The van der Waals surface area contributed by atoms with Gasteiger partial charge in [0, 0.05) is 24.8 Å². The average molecular weight is 263 g/mol. The molecule has 3 nitrogen and oxygen atoms in total. The number of rotatable bonds is 5. The Morgan fingerprint density at radius 2 is 2.26 bits per heavy atom. The van der Waals surface area contributed by atoms with Crippen molar-refractivity contribution in [2.45, 2.75) is 45.8 Å². The molecule has 0 spiro atoms. The number of aryl methyl sites for hydroxylation is 1. The van der Waals surface area contributed by atoms with Crippen molar-refractivity contribution in [2.24, 2.45) is 0 Å². The molecule has 1 fully saturated rings. The van der Waals surface area contributed by atoms with E-state index >= 15 is 0 Å². The van der Waals surface area contributed by atoms with Gasteiger partial charge in [-0.25, -0.2) is 0 Å². The van der Waals surface area contributed by atoms with Crippen LogP contribution in [0.3, 0.4) is 0 Å². The Hall–Kier alpha value is -1.06. The van der Waals surface area contributed by atoms with Crippen molar-refractivity contribution in [1.82, 2.24) is 4.90 Å². The topological polar surface area (TPSA) is 32.7 Å². The average Bonchev–Trinajstić information content (AvgIpc) is 2.88. The number of nitrogens with zero attached hydrogens (tertiary/aromatic N) is 1. The van der Waals surface area contributed by atoms with Crippen LogP contribution in [-0.2, 0) is 4.74 Å². The zero-order valence-electron chi connectivity index (χ0n) is 12.2. The van der Waals surface area contributed by atoms with Crippen LogP contribution in [0.25, 0.3) is 0 Å². The lowest BCUT2D eigenvalue weighted by Crippen LogP contribution is -2.34. The molecule has 0 saturated carbocycles. The number of ether oxygens (including phenoxy) is 1. The Balaban J connectivity index is 2.08. The quantitative estimate of drug-likeness (QED) is 0.885. The first-order chi connectivity index (χ1) is 9.11. The molecule has 2 unspecified atom stereocenters. The Morgan fingerprint density at radius 3 is 2.84 bits per heavy atom. The van der Waals surface area contributed by atoms with Crippen LogP contribution in [0.5, 0.6) is 5.75 Å². The van der Waals surface area contributed by atoms with Crippen molar-refractivity contribution < 1.29 is 9.84 Å². The second-order valence-corrected chi connectivity index (χ2v) is 5.46. The van der Waals surface area contributed by atoms with Crippen LogP contribution in [0.1, 0.15) is 43.9 Å². The highest BCUT2D eigenvalue weighted by molar-refractivity contribution is 5.37. The summed E-state index contributed by atoms with van der Waals surface area (Å²) >= 11 is 0. The van der Waals surface area contributed by atoms with Crippen molar-refractivity contribution in [2.75, 3.05) is 19.7 Å². The van der Waals surface area contributed by atoms with E-state index in [-0.39, 0.29) is 6.04 Å². The fourth-order valence-electron chi connectivity index (χ4n) is 2.81. The maximum atomic E-state index is 10.1. The molecule has 0 aromatic heterocycles. The number of likely N-dealkylation sites (N-methyl/N-ethyl adjacent to an activating group) is 1. The van der Waals surface area contributed by atoms with Crippen molar-refractivity contribution >= 4 is 0 Å². The summed E-state index contributed by atoms with van der Waals surface area (Å²) in [5, 5.41) is 10.1. The van der Waals surface area contributed by atoms with Crippen molar-refractivity contribution in [3.05, 3.63) is 29.3 Å². The van der Waals surface area contributed by atoms with Crippen LogP contribution >= 0.6 is 0 Å². The number of hydrogen-bond acceptors (Lipinski definition) is 3. The van der Waals surface area contributed by atoms with Gasteiger partial charge in [0.1, 0.15) is 5.75 Å². The van der Waals surface area contributed by atoms with Crippen LogP contribution in [-0.4, -0.2) is 35.8 Å². The van der Waals surface area contributed by atoms with Gasteiger partial charge in [0.15, 0.2) is 0 Å². The lowest BCUT2D eigenvalue weighted by atomic mass is 10.0. The monoisotopic (exact) mass is 263 g/mol. The molecule has 106 valence electrons. The zero-order valence-corrected chi connectivity index (χ0v) is 12.2. The van der Waals surface area contributed by atoms with E-state index in [0.29, 0.717) is 11.9 Å². The molecule has 1 N–H and O–H groups in total. The van der Waals surface area contributed by atoms with Crippen LogP contribution in [0, 0.1) is 6.92 Å². The third-order valence-corrected chi connectivity index (χ3v) is 4.05. The molecule has 0 amide bonds. The summed E-state index contributed by atoms with van der Waals surface area (Å²) in [6, 6.07) is 6.15. The molecule has 0 aliphatic carbocycles. The van der Waals surface area contributed by atoms with Crippen LogP contribution in [0.2, 0.25) is 0 Å². The first-order valence-electron chi connectivity index (χ1n) is 7.27. The normalized spacial score (nSPS) is 20.9. The Morgan fingerprint density at radius 1 is 1.47 bits per heavy atom. The summed E-state index contributed by atoms with van der Waals surface area (Å²) in [4.78, 5) is 2.38. The van der Waals surface area contributed by atoms with Crippen molar-refractivity contribution in [3.63, 3.8) is 0 Å². The summed E-state index contributed by atoms with van der Waals surface area (Å²) in [5.41, 5.74) is 2.10. The molecule has 19 heavy (non-hydrogen) atoms. The fraction of sp³-hybridized carbons (Fsp3) is 0.625. The molecule has 1 saturated heterocycles. The minimum Gasteiger partial charge on any atom is -0.508 e. The van der Waals surface area contributed by atoms with Gasteiger partial charge in [-0.2, -0.15) is 0 Å². The van der Waals surface area contributed by atoms with Crippen molar-refractivity contribution in [3.8, 4) is 5.75 Å². The SMILES string of the molecule is CCN(CC1CCCO1)C(C)c1ccc(C)cc1O. The Kier molecular flexibility index (Phi) is 4.83. The summed E-state index contributed by atoms with van der Waals surface area (Å²) in [6.45, 7) is 9.13.